The molecule has 1 N–H and O–H groups in total. The van der Waals surface area contributed by atoms with Crippen molar-refractivity contribution in [1.82, 2.24) is 4.57 Å². The highest BCUT2D eigenvalue weighted by molar-refractivity contribution is 9.10. The molecule has 26 heavy (non-hydrogen) atoms. The fourth-order valence-electron chi connectivity index (χ4n) is 2.48. The molecule has 0 atom stereocenters. The van der Waals surface area contributed by atoms with E-state index in [4.69, 9.17) is 0 Å². The van der Waals surface area contributed by atoms with Crippen molar-refractivity contribution >= 4 is 33.3 Å². The van der Waals surface area contributed by atoms with Crippen LogP contribution in [0.3, 0.4) is 0 Å². The summed E-state index contributed by atoms with van der Waals surface area (Å²) in [6, 6.07) is 18.7. The molecule has 1 aromatic heterocycles. The molecule has 0 radical (unpaired) electrons. The summed E-state index contributed by atoms with van der Waals surface area (Å²) in [5.74, 6) is -0.473. The highest BCUT2D eigenvalue weighted by Crippen LogP contribution is 2.15. The first-order chi connectivity index (χ1) is 12.5. The maximum Gasteiger partial charge on any atom is 0.251 e. The predicted octanol–water partition coefficient (Wildman–Crippen LogP) is 3.48. The molecule has 0 aliphatic rings. The number of halogens is 1. The third-order valence-electron chi connectivity index (χ3n) is 3.71. The van der Waals surface area contributed by atoms with Crippen molar-refractivity contribution in [3.05, 3.63) is 98.9 Å². The third kappa shape index (κ3) is 4.34. The van der Waals surface area contributed by atoms with Crippen LogP contribution in [0.15, 0.2) is 82.2 Å². The number of carbonyl (C=O) groups excluding carboxylic acids is 2. The van der Waals surface area contributed by atoms with Crippen LogP contribution in [0.2, 0.25) is 0 Å². The number of anilines is 1. The number of hydrogen-bond donors (Lipinski definition) is 1. The normalized spacial score (nSPS) is 10.3. The molecule has 0 aliphatic heterocycles. The fraction of sp³-hybridized carbons (Fsp3) is 0.0500. The number of nitrogens with one attached hydrogen (secondary N) is 1. The van der Waals surface area contributed by atoms with Crippen molar-refractivity contribution in [3.63, 3.8) is 0 Å². The minimum absolute atomic E-state index is 0.116. The topological polar surface area (TPSA) is 68.2 Å². The van der Waals surface area contributed by atoms with Gasteiger partial charge in [-0.2, -0.15) is 0 Å². The van der Waals surface area contributed by atoms with Gasteiger partial charge >= 0.3 is 0 Å². The van der Waals surface area contributed by atoms with E-state index < -0.39 is 0 Å². The molecular formula is C20H15BrN2O3. The molecule has 0 fully saturated rings. The van der Waals surface area contributed by atoms with Gasteiger partial charge in [0.2, 0.25) is 5.91 Å². The highest BCUT2D eigenvalue weighted by Gasteiger charge is 2.11. The molecule has 6 heteroatoms. The number of pyridine rings is 1. The van der Waals surface area contributed by atoms with Gasteiger partial charge in [-0.05, 0) is 34.1 Å². The summed E-state index contributed by atoms with van der Waals surface area (Å²) >= 11 is 3.27. The van der Waals surface area contributed by atoms with Crippen LogP contribution in [0.1, 0.15) is 15.9 Å². The molecule has 1 amide bonds. The second-order valence-corrected chi connectivity index (χ2v) is 6.55. The number of amides is 1. The fourth-order valence-corrected chi connectivity index (χ4v) is 2.85. The van der Waals surface area contributed by atoms with Crippen molar-refractivity contribution in [1.29, 1.82) is 0 Å². The van der Waals surface area contributed by atoms with Gasteiger partial charge in [-0.1, -0.05) is 42.5 Å². The number of hydrogen-bond acceptors (Lipinski definition) is 3. The third-order valence-corrected chi connectivity index (χ3v) is 4.17. The monoisotopic (exact) mass is 410 g/mol. The standard InChI is InChI=1S/C20H15BrN2O3/c21-16-9-10-19(25)23(12-16)13-18(24)22-17-8-4-7-15(11-17)20(26)14-5-2-1-3-6-14/h1-12H,13H2,(H,22,24). The second-order valence-electron chi connectivity index (χ2n) is 5.64. The van der Waals surface area contributed by atoms with Gasteiger partial charge in [0, 0.05) is 33.6 Å². The van der Waals surface area contributed by atoms with E-state index in [1.165, 1.54) is 10.6 Å². The van der Waals surface area contributed by atoms with Gasteiger partial charge < -0.3 is 9.88 Å². The summed E-state index contributed by atoms with van der Waals surface area (Å²) in [4.78, 5) is 36.5. The van der Waals surface area contributed by atoms with Crippen LogP contribution in [0.25, 0.3) is 0 Å². The Kier molecular flexibility index (Phi) is 5.43. The van der Waals surface area contributed by atoms with Crippen LogP contribution >= 0.6 is 15.9 Å². The first-order valence-corrected chi connectivity index (χ1v) is 8.68. The smallest absolute Gasteiger partial charge is 0.251 e. The molecule has 3 rings (SSSR count). The van der Waals surface area contributed by atoms with Gasteiger partial charge in [0.15, 0.2) is 5.78 Å². The molecule has 3 aromatic rings. The van der Waals surface area contributed by atoms with E-state index in [-0.39, 0.29) is 23.8 Å². The maximum absolute atomic E-state index is 12.5. The number of carbonyl (C=O) groups is 2. The lowest BCUT2D eigenvalue weighted by Gasteiger charge is -2.09. The minimum Gasteiger partial charge on any atom is -0.325 e. The van der Waals surface area contributed by atoms with Gasteiger partial charge in [-0.15, -0.1) is 0 Å². The molecule has 2 aromatic carbocycles. The zero-order chi connectivity index (χ0) is 18.5. The molecule has 130 valence electrons. The Morgan fingerprint density at radius 1 is 0.923 bits per heavy atom. The lowest BCUT2D eigenvalue weighted by molar-refractivity contribution is -0.116. The van der Waals surface area contributed by atoms with E-state index in [2.05, 4.69) is 21.2 Å². The molecule has 0 spiro atoms. The summed E-state index contributed by atoms with van der Waals surface area (Å²) in [6.07, 6.45) is 1.55. The van der Waals surface area contributed by atoms with Gasteiger partial charge in [0.05, 0.1) is 0 Å². The zero-order valence-electron chi connectivity index (χ0n) is 13.7. The number of ketones is 1. The van der Waals surface area contributed by atoms with Crippen LogP contribution in [0.5, 0.6) is 0 Å². The second kappa shape index (κ2) is 7.93. The first-order valence-electron chi connectivity index (χ1n) is 7.88. The molecule has 0 aliphatic carbocycles. The molecule has 0 bridgehead atoms. The molecular weight excluding hydrogens is 396 g/mol. The average Bonchev–Trinajstić information content (AvgIpc) is 2.65. The Morgan fingerprint density at radius 2 is 1.65 bits per heavy atom. The first kappa shape index (κ1) is 17.8. The van der Waals surface area contributed by atoms with Gasteiger partial charge in [0.25, 0.3) is 5.56 Å². The molecule has 0 saturated carbocycles. The Bertz CT molecular complexity index is 1010. The van der Waals surface area contributed by atoms with Gasteiger partial charge in [-0.3, -0.25) is 14.4 Å². The van der Waals surface area contributed by atoms with Crippen molar-refractivity contribution in [2.24, 2.45) is 0 Å². The lowest BCUT2D eigenvalue weighted by Crippen LogP contribution is -2.26. The van der Waals surface area contributed by atoms with Crippen molar-refractivity contribution in [3.8, 4) is 0 Å². The molecule has 0 saturated heterocycles. The Labute approximate surface area is 158 Å². The number of aromatic nitrogens is 1. The summed E-state index contributed by atoms with van der Waals surface area (Å²) in [6.45, 7) is -0.116. The van der Waals surface area contributed by atoms with Gasteiger partial charge in [-0.25, -0.2) is 0 Å². The SMILES string of the molecule is O=C(Cn1cc(Br)ccc1=O)Nc1cccc(C(=O)c2ccccc2)c1. The van der Waals surface area contributed by atoms with Crippen LogP contribution in [-0.2, 0) is 11.3 Å². The summed E-state index contributed by atoms with van der Waals surface area (Å²) in [5, 5.41) is 2.72. The minimum atomic E-state index is -0.352. The van der Waals surface area contributed by atoms with E-state index in [1.54, 1.807) is 60.8 Å². The van der Waals surface area contributed by atoms with Crippen LogP contribution in [0, 0.1) is 0 Å². The van der Waals surface area contributed by atoms with Crippen molar-refractivity contribution in [2.45, 2.75) is 6.54 Å². The number of nitrogens with zero attached hydrogens (tertiary/aromatic N) is 1. The Balaban J connectivity index is 1.74. The van der Waals surface area contributed by atoms with E-state index in [9.17, 15) is 14.4 Å². The van der Waals surface area contributed by atoms with Crippen molar-refractivity contribution < 1.29 is 9.59 Å². The lowest BCUT2D eigenvalue weighted by atomic mass is 10.0. The van der Waals surface area contributed by atoms with Crippen LogP contribution < -0.4 is 10.9 Å². The molecule has 1 heterocycles. The van der Waals surface area contributed by atoms with Crippen LogP contribution in [0.4, 0.5) is 5.69 Å². The molecule has 5 nitrogen and oxygen atoms in total. The van der Waals surface area contributed by atoms with E-state index in [0.29, 0.717) is 21.3 Å². The Hall–Kier alpha value is -2.99. The zero-order valence-corrected chi connectivity index (χ0v) is 15.3. The van der Waals surface area contributed by atoms with E-state index >= 15 is 0 Å². The summed E-state index contributed by atoms with van der Waals surface area (Å²) in [5.41, 5.74) is 1.29. The largest absolute Gasteiger partial charge is 0.325 e. The number of benzene rings is 2. The Morgan fingerprint density at radius 3 is 2.42 bits per heavy atom. The number of rotatable bonds is 5. The van der Waals surface area contributed by atoms with Gasteiger partial charge in [0.1, 0.15) is 6.54 Å². The van der Waals surface area contributed by atoms with Crippen LogP contribution in [-0.4, -0.2) is 16.3 Å². The average molecular weight is 411 g/mol. The summed E-state index contributed by atoms with van der Waals surface area (Å²) < 4.78 is 2.01. The predicted molar refractivity (Wildman–Crippen MR) is 103 cm³/mol. The summed E-state index contributed by atoms with van der Waals surface area (Å²) in [7, 11) is 0. The maximum atomic E-state index is 12.5. The van der Waals surface area contributed by atoms with E-state index in [1.807, 2.05) is 6.07 Å². The highest BCUT2D eigenvalue weighted by atomic mass is 79.9. The van der Waals surface area contributed by atoms with Crippen molar-refractivity contribution in [2.75, 3.05) is 5.32 Å². The quantitative estimate of drug-likeness (QED) is 0.654. The van der Waals surface area contributed by atoms with E-state index in [0.717, 1.165) is 0 Å². The molecule has 0 unspecified atom stereocenters.